The Balaban J connectivity index is 2.11. The molecule has 2 heterocycles. The van der Waals surface area contributed by atoms with Gasteiger partial charge in [0.2, 0.25) is 0 Å². The fraction of sp³-hybridized carbons (Fsp3) is 0.154. The first kappa shape index (κ1) is 11.8. The highest BCUT2D eigenvalue weighted by molar-refractivity contribution is 7.99. The minimum atomic E-state index is 0.0745. The van der Waals surface area contributed by atoms with Gasteiger partial charge in [-0.3, -0.25) is 14.8 Å². The molecule has 0 amide bonds. The van der Waals surface area contributed by atoms with Gasteiger partial charge < -0.3 is 0 Å². The van der Waals surface area contributed by atoms with Crippen LogP contribution in [0.5, 0.6) is 0 Å². The fourth-order valence-electron chi connectivity index (χ4n) is 1.33. The van der Waals surface area contributed by atoms with Crippen molar-refractivity contribution in [2.75, 3.05) is 0 Å². The van der Waals surface area contributed by atoms with Gasteiger partial charge in [-0.25, -0.2) is 0 Å². The van der Waals surface area contributed by atoms with E-state index in [1.54, 1.807) is 36.4 Å². The average molecular weight is 244 g/mol. The van der Waals surface area contributed by atoms with Gasteiger partial charge in [0.1, 0.15) is 5.69 Å². The van der Waals surface area contributed by atoms with Crippen molar-refractivity contribution in [1.29, 1.82) is 0 Å². The van der Waals surface area contributed by atoms with Gasteiger partial charge in [0.25, 0.3) is 0 Å². The Bertz CT molecular complexity index is 497. The highest BCUT2D eigenvalue weighted by atomic mass is 32.2. The summed E-state index contributed by atoms with van der Waals surface area (Å²) in [4.78, 5) is 21.7. The topological polar surface area (TPSA) is 42.9 Å². The molecule has 0 aliphatic rings. The Labute approximate surface area is 104 Å². The number of rotatable bonds is 4. The summed E-state index contributed by atoms with van der Waals surface area (Å²) >= 11 is 1.60. The van der Waals surface area contributed by atoms with Crippen LogP contribution < -0.4 is 0 Å². The lowest BCUT2D eigenvalue weighted by molar-refractivity contribution is 0.0983. The van der Waals surface area contributed by atoms with Crippen molar-refractivity contribution in [2.24, 2.45) is 0 Å². The van der Waals surface area contributed by atoms with Crippen molar-refractivity contribution in [3.05, 3.63) is 48.5 Å². The van der Waals surface area contributed by atoms with E-state index in [1.165, 1.54) is 0 Å². The second-order valence-corrected chi connectivity index (χ2v) is 4.59. The van der Waals surface area contributed by atoms with Crippen molar-refractivity contribution >= 4 is 17.5 Å². The van der Waals surface area contributed by atoms with E-state index in [1.807, 2.05) is 25.1 Å². The highest BCUT2D eigenvalue weighted by Crippen LogP contribution is 2.26. The van der Waals surface area contributed by atoms with Crippen LogP contribution in [-0.2, 0) is 0 Å². The number of hydrogen-bond donors (Lipinski definition) is 0. The quantitative estimate of drug-likeness (QED) is 0.774. The first-order chi connectivity index (χ1) is 8.29. The maximum atomic E-state index is 11.4. The van der Waals surface area contributed by atoms with E-state index in [0.717, 1.165) is 9.79 Å². The zero-order chi connectivity index (χ0) is 12.1. The van der Waals surface area contributed by atoms with E-state index in [9.17, 15) is 4.79 Å². The molecule has 2 aromatic rings. The zero-order valence-electron chi connectivity index (χ0n) is 9.46. The smallest absolute Gasteiger partial charge is 0.180 e. The molecule has 3 nitrogen and oxygen atoms in total. The van der Waals surface area contributed by atoms with Crippen molar-refractivity contribution < 1.29 is 4.79 Å². The Morgan fingerprint density at radius 1 is 1.18 bits per heavy atom. The van der Waals surface area contributed by atoms with E-state index in [2.05, 4.69) is 9.97 Å². The summed E-state index contributed by atoms with van der Waals surface area (Å²) in [6.45, 7) is 1.84. The first-order valence-electron chi connectivity index (χ1n) is 5.36. The molecule has 0 unspecified atom stereocenters. The average Bonchev–Trinajstić information content (AvgIpc) is 2.40. The van der Waals surface area contributed by atoms with Crippen molar-refractivity contribution in [2.45, 2.75) is 23.1 Å². The Kier molecular flexibility index (Phi) is 3.88. The van der Waals surface area contributed by atoms with Gasteiger partial charge in [0, 0.05) is 34.8 Å². The normalized spacial score (nSPS) is 10.2. The van der Waals surface area contributed by atoms with Gasteiger partial charge in [-0.1, -0.05) is 18.7 Å². The van der Waals surface area contributed by atoms with Gasteiger partial charge >= 0.3 is 0 Å². The number of hydrogen-bond acceptors (Lipinski definition) is 4. The fourth-order valence-corrected chi connectivity index (χ4v) is 2.10. The van der Waals surface area contributed by atoms with Crippen LogP contribution in [0, 0.1) is 0 Å². The van der Waals surface area contributed by atoms with Crippen LogP contribution in [-0.4, -0.2) is 15.8 Å². The molecule has 2 rings (SSSR count). The van der Waals surface area contributed by atoms with Crippen LogP contribution in [0.4, 0.5) is 0 Å². The molecule has 0 aromatic carbocycles. The molecule has 0 aliphatic carbocycles. The van der Waals surface area contributed by atoms with Crippen molar-refractivity contribution in [3.8, 4) is 0 Å². The summed E-state index contributed by atoms with van der Waals surface area (Å²) in [6.07, 6.45) is 5.73. The SMILES string of the molecule is CCC(=O)c1ccc(Sc2ccncc2)cn1. The number of carbonyl (C=O) groups is 1. The summed E-state index contributed by atoms with van der Waals surface area (Å²) in [6, 6.07) is 7.57. The van der Waals surface area contributed by atoms with Crippen LogP contribution in [0.25, 0.3) is 0 Å². The molecule has 0 N–H and O–H groups in total. The molecule has 0 spiro atoms. The second kappa shape index (κ2) is 5.59. The summed E-state index contributed by atoms with van der Waals surface area (Å²) in [7, 11) is 0. The van der Waals surface area contributed by atoms with Crippen molar-refractivity contribution in [1.82, 2.24) is 9.97 Å². The van der Waals surface area contributed by atoms with Crippen LogP contribution in [0.3, 0.4) is 0 Å². The minimum Gasteiger partial charge on any atom is -0.292 e. The zero-order valence-corrected chi connectivity index (χ0v) is 10.3. The van der Waals surface area contributed by atoms with Gasteiger partial charge in [-0.2, -0.15) is 0 Å². The molecule has 0 bridgehead atoms. The number of Topliss-reactive ketones (excluding diaryl/α,β-unsaturated/α-hetero) is 1. The highest BCUT2D eigenvalue weighted by Gasteiger charge is 2.04. The molecule has 86 valence electrons. The first-order valence-corrected chi connectivity index (χ1v) is 6.18. The third-order valence-electron chi connectivity index (χ3n) is 2.23. The third kappa shape index (κ3) is 3.14. The summed E-state index contributed by atoms with van der Waals surface area (Å²) in [5.74, 6) is 0.0745. The van der Waals surface area contributed by atoms with Gasteiger partial charge in [-0.15, -0.1) is 0 Å². The lowest BCUT2D eigenvalue weighted by atomic mass is 10.2. The molecule has 0 fully saturated rings. The largest absolute Gasteiger partial charge is 0.292 e. The molecule has 0 saturated heterocycles. The minimum absolute atomic E-state index is 0.0745. The monoisotopic (exact) mass is 244 g/mol. The van der Waals surface area contributed by atoms with E-state index < -0.39 is 0 Å². The van der Waals surface area contributed by atoms with Crippen LogP contribution in [0.2, 0.25) is 0 Å². The molecule has 0 radical (unpaired) electrons. The molecular weight excluding hydrogens is 232 g/mol. The van der Waals surface area contributed by atoms with Crippen LogP contribution >= 0.6 is 11.8 Å². The Morgan fingerprint density at radius 2 is 1.94 bits per heavy atom. The molecule has 2 aromatic heterocycles. The summed E-state index contributed by atoms with van der Waals surface area (Å²) < 4.78 is 0. The lowest BCUT2D eigenvalue weighted by Gasteiger charge is -2.01. The maximum Gasteiger partial charge on any atom is 0.180 e. The number of nitrogens with zero attached hydrogens (tertiary/aromatic N) is 2. The van der Waals surface area contributed by atoms with E-state index in [-0.39, 0.29) is 5.78 Å². The molecule has 4 heteroatoms. The van der Waals surface area contributed by atoms with E-state index in [4.69, 9.17) is 0 Å². The molecular formula is C13H12N2OS. The predicted octanol–water partition coefficient (Wildman–Crippen LogP) is 3.22. The molecule has 0 atom stereocenters. The van der Waals surface area contributed by atoms with Crippen molar-refractivity contribution in [3.63, 3.8) is 0 Å². The number of pyridine rings is 2. The van der Waals surface area contributed by atoms with E-state index >= 15 is 0 Å². The van der Waals surface area contributed by atoms with Crippen LogP contribution in [0.1, 0.15) is 23.8 Å². The number of ketones is 1. The lowest BCUT2D eigenvalue weighted by Crippen LogP contribution is -1.99. The Hall–Kier alpha value is -1.68. The van der Waals surface area contributed by atoms with Gasteiger partial charge in [-0.05, 0) is 24.3 Å². The molecule has 0 saturated carbocycles. The van der Waals surface area contributed by atoms with Crippen LogP contribution in [0.15, 0.2) is 52.6 Å². The Morgan fingerprint density at radius 3 is 2.53 bits per heavy atom. The molecule has 0 aliphatic heterocycles. The third-order valence-corrected chi connectivity index (χ3v) is 3.21. The second-order valence-electron chi connectivity index (χ2n) is 3.44. The summed E-state index contributed by atoms with van der Waals surface area (Å²) in [5, 5.41) is 0. The molecule has 17 heavy (non-hydrogen) atoms. The maximum absolute atomic E-state index is 11.4. The van der Waals surface area contributed by atoms with E-state index in [0.29, 0.717) is 12.1 Å². The standard InChI is InChI=1S/C13H12N2OS/c1-2-13(16)12-4-3-11(9-15-12)17-10-5-7-14-8-6-10/h3-9H,2H2,1H3. The van der Waals surface area contributed by atoms with Gasteiger partial charge in [0.15, 0.2) is 5.78 Å². The number of aromatic nitrogens is 2. The van der Waals surface area contributed by atoms with Gasteiger partial charge in [0.05, 0.1) is 0 Å². The number of carbonyl (C=O) groups excluding carboxylic acids is 1. The summed E-state index contributed by atoms with van der Waals surface area (Å²) in [5.41, 5.74) is 0.534. The predicted molar refractivity (Wildman–Crippen MR) is 67.2 cm³/mol.